The lowest BCUT2D eigenvalue weighted by Crippen LogP contribution is -2.23. The van der Waals surface area contributed by atoms with Crippen LogP contribution in [0.4, 0.5) is 5.69 Å². The van der Waals surface area contributed by atoms with Gasteiger partial charge in [-0.1, -0.05) is 12.1 Å². The van der Waals surface area contributed by atoms with Crippen molar-refractivity contribution in [3.63, 3.8) is 0 Å². The Morgan fingerprint density at radius 3 is 2.62 bits per heavy atom. The standard InChI is InChI=1S/C15H15N3O3/c1-11(18-10-2-9-16-18)15(21)17-13-6-3-12(4-7-13)5-8-14(19)20/h2-11H,1H3,(H,17,21)(H,19,20)/b8-5-/t11-/m0/s1. The van der Waals surface area contributed by atoms with Crippen LogP contribution >= 0.6 is 0 Å². The number of carboxylic acids is 1. The summed E-state index contributed by atoms with van der Waals surface area (Å²) in [6.07, 6.45) is 5.89. The van der Waals surface area contributed by atoms with E-state index in [1.807, 2.05) is 0 Å². The Bertz CT molecular complexity index is 645. The first-order valence-electron chi connectivity index (χ1n) is 6.37. The number of benzene rings is 1. The number of hydrogen-bond acceptors (Lipinski definition) is 3. The van der Waals surface area contributed by atoms with Crippen LogP contribution in [0, 0.1) is 0 Å². The van der Waals surface area contributed by atoms with Gasteiger partial charge < -0.3 is 10.4 Å². The van der Waals surface area contributed by atoms with Crippen LogP contribution < -0.4 is 5.32 Å². The molecule has 1 aromatic heterocycles. The molecule has 0 saturated heterocycles. The van der Waals surface area contributed by atoms with Crippen molar-refractivity contribution in [2.45, 2.75) is 13.0 Å². The van der Waals surface area contributed by atoms with Crippen molar-refractivity contribution in [3.8, 4) is 0 Å². The molecule has 0 saturated carbocycles. The third-order valence-electron chi connectivity index (χ3n) is 2.90. The second kappa shape index (κ2) is 6.51. The minimum Gasteiger partial charge on any atom is -0.478 e. The van der Waals surface area contributed by atoms with E-state index < -0.39 is 12.0 Å². The number of hydrogen-bond donors (Lipinski definition) is 2. The van der Waals surface area contributed by atoms with Gasteiger partial charge in [-0.3, -0.25) is 9.48 Å². The van der Waals surface area contributed by atoms with E-state index in [2.05, 4.69) is 10.4 Å². The molecule has 0 radical (unpaired) electrons. The molecule has 1 heterocycles. The minimum atomic E-state index is -1.000. The number of amides is 1. The van der Waals surface area contributed by atoms with Gasteiger partial charge in [0, 0.05) is 24.2 Å². The third-order valence-corrected chi connectivity index (χ3v) is 2.90. The molecule has 0 bridgehead atoms. The van der Waals surface area contributed by atoms with E-state index in [9.17, 15) is 9.59 Å². The molecule has 0 spiro atoms. The fourth-order valence-electron chi connectivity index (χ4n) is 1.72. The van der Waals surface area contributed by atoms with Crippen LogP contribution in [0.3, 0.4) is 0 Å². The van der Waals surface area contributed by atoms with Crippen LogP contribution in [0.25, 0.3) is 6.08 Å². The van der Waals surface area contributed by atoms with Crippen LogP contribution in [0.1, 0.15) is 18.5 Å². The molecule has 0 aliphatic carbocycles. The van der Waals surface area contributed by atoms with Crippen molar-refractivity contribution in [3.05, 3.63) is 54.4 Å². The van der Waals surface area contributed by atoms with Crippen LogP contribution in [0.2, 0.25) is 0 Å². The number of aliphatic carboxylic acids is 1. The van der Waals surface area contributed by atoms with Crippen molar-refractivity contribution in [2.75, 3.05) is 5.32 Å². The molecule has 0 aliphatic rings. The summed E-state index contributed by atoms with van der Waals surface area (Å²) in [6.45, 7) is 1.76. The van der Waals surface area contributed by atoms with Crippen molar-refractivity contribution < 1.29 is 14.7 Å². The normalized spacial score (nSPS) is 12.2. The zero-order valence-corrected chi connectivity index (χ0v) is 11.4. The molecule has 0 aliphatic heterocycles. The minimum absolute atomic E-state index is 0.174. The number of anilines is 1. The van der Waals surface area contributed by atoms with Gasteiger partial charge in [0.1, 0.15) is 6.04 Å². The van der Waals surface area contributed by atoms with Crippen molar-refractivity contribution in [1.82, 2.24) is 9.78 Å². The maximum absolute atomic E-state index is 12.0. The average Bonchev–Trinajstić information content (AvgIpc) is 2.99. The van der Waals surface area contributed by atoms with Crippen molar-refractivity contribution >= 4 is 23.6 Å². The van der Waals surface area contributed by atoms with E-state index in [1.54, 1.807) is 54.3 Å². The highest BCUT2D eigenvalue weighted by atomic mass is 16.4. The number of nitrogens with one attached hydrogen (secondary N) is 1. The Balaban J connectivity index is 2.00. The van der Waals surface area contributed by atoms with Gasteiger partial charge in [-0.15, -0.1) is 0 Å². The van der Waals surface area contributed by atoms with Crippen LogP contribution in [0.15, 0.2) is 48.8 Å². The molecule has 6 nitrogen and oxygen atoms in total. The first kappa shape index (κ1) is 14.5. The van der Waals surface area contributed by atoms with Gasteiger partial charge in [-0.2, -0.15) is 5.10 Å². The van der Waals surface area contributed by atoms with Gasteiger partial charge >= 0.3 is 5.97 Å². The summed E-state index contributed by atoms with van der Waals surface area (Å²) >= 11 is 0. The maximum atomic E-state index is 12.0. The Morgan fingerprint density at radius 1 is 1.33 bits per heavy atom. The quantitative estimate of drug-likeness (QED) is 0.825. The number of nitrogens with zero attached hydrogens (tertiary/aromatic N) is 2. The highest BCUT2D eigenvalue weighted by Crippen LogP contribution is 2.13. The van der Waals surface area contributed by atoms with E-state index >= 15 is 0 Å². The Morgan fingerprint density at radius 2 is 2.05 bits per heavy atom. The maximum Gasteiger partial charge on any atom is 0.328 e. The fraction of sp³-hybridized carbons (Fsp3) is 0.133. The lowest BCUT2D eigenvalue weighted by molar-refractivity contribution is -0.131. The number of carboxylic acid groups (broad SMARTS) is 1. The first-order chi connectivity index (χ1) is 10.1. The molecule has 2 N–H and O–H groups in total. The van der Waals surface area contributed by atoms with Crippen molar-refractivity contribution in [1.29, 1.82) is 0 Å². The van der Waals surface area contributed by atoms with Gasteiger partial charge in [0.15, 0.2) is 0 Å². The molecule has 108 valence electrons. The van der Waals surface area contributed by atoms with E-state index in [1.165, 1.54) is 6.08 Å². The lowest BCUT2D eigenvalue weighted by atomic mass is 10.2. The van der Waals surface area contributed by atoms with Gasteiger partial charge in [0.05, 0.1) is 0 Å². The number of carbonyl (C=O) groups is 2. The molecule has 0 unspecified atom stereocenters. The molecule has 2 rings (SSSR count). The van der Waals surface area contributed by atoms with E-state index in [0.29, 0.717) is 5.69 Å². The van der Waals surface area contributed by atoms with Crippen LogP contribution in [0.5, 0.6) is 0 Å². The van der Waals surface area contributed by atoms with E-state index in [-0.39, 0.29) is 5.91 Å². The van der Waals surface area contributed by atoms with Crippen molar-refractivity contribution in [2.24, 2.45) is 0 Å². The van der Waals surface area contributed by atoms with Crippen LogP contribution in [-0.2, 0) is 9.59 Å². The largest absolute Gasteiger partial charge is 0.478 e. The van der Waals surface area contributed by atoms with Crippen LogP contribution in [-0.4, -0.2) is 26.8 Å². The summed E-state index contributed by atoms with van der Waals surface area (Å²) in [4.78, 5) is 22.5. The zero-order valence-electron chi connectivity index (χ0n) is 11.4. The Hall–Kier alpha value is -2.89. The molecular weight excluding hydrogens is 270 g/mol. The zero-order chi connectivity index (χ0) is 15.2. The topological polar surface area (TPSA) is 84.2 Å². The molecule has 2 aromatic rings. The smallest absolute Gasteiger partial charge is 0.328 e. The summed E-state index contributed by atoms with van der Waals surface area (Å²) in [6, 6.07) is 8.24. The lowest BCUT2D eigenvalue weighted by Gasteiger charge is -2.12. The number of carbonyl (C=O) groups excluding carboxylic acids is 1. The monoisotopic (exact) mass is 285 g/mol. The number of aromatic nitrogens is 2. The van der Waals surface area contributed by atoms with E-state index in [0.717, 1.165) is 11.6 Å². The molecule has 21 heavy (non-hydrogen) atoms. The predicted molar refractivity (Wildman–Crippen MR) is 78.7 cm³/mol. The third kappa shape index (κ3) is 4.04. The average molecular weight is 285 g/mol. The predicted octanol–water partition coefficient (Wildman–Crippen LogP) is 2.18. The molecule has 1 amide bonds. The first-order valence-corrected chi connectivity index (χ1v) is 6.37. The summed E-state index contributed by atoms with van der Waals surface area (Å²) in [5.74, 6) is -1.17. The van der Waals surface area contributed by atoms with E-state index in [4.69, 9.17) is 5.11 Å². The molecule has 1 atom stereocenters. The summed E-state index contributed by atoms with van der Waals surface area (Å²) < 4.78 is 1.57. The summed E-state index contributed by atoms with van der Waals surface area (Å²) in [5.41, 5.74) is 1.39. The van der Waals surface area contributed by atoms with Gasteiger partial charge in [0.25, 0.3) is 0 Å². The molecule has 6 heteroatoms. The second-order valence-electron chi connectivity index (χ2n) is 4.44. The SMILES string of the molecule is C[C@@H](C(=O)Nc1ccc(/C=C\C(=O)O)cc1)n1cccn1. The second-order valence-corrected chi connectivity index (χ2v) is 4.44. The Kier molecular flexibility index (Phi) is 4.50. The van der Waals surface area contributed by atoms with Gasteiger partial charge in [0.2, 0.25) is 5.91 Å². The highest BCUT2D eigenvalue weighted by Gasteiger charge is 2.14. The Labute approximate surface area is 121 Å². The van der Waals surface area contributed by atoms with Gasteiger partial charge in [-0.05, 0) is 36.8 Å². The highest BCUT2D eigenvalue weighted by molar-refractivity contribution is 5.93. The molecule has 1 aromatic carbocycles. The summed E-state index contributed by atoms with van der Waals surface area (Å²) in [5, 5.41) is 15.4. The number of rotatable bonds is 5. The van der Waals surface area contributed by atoms with Gasteiger partial charge in [-0.25, -0.2) is 4.79 Å². The molecular formula is C15H15N3O3. The molecule has 0 fully saturated rings. The fourth-order valence-corrected chi connectivity index (χ4v) is 1.72. The summed E-state index contributed by atoms with van der Waals surface area (Å²) in [7, 11) is 0.